The van der Waals surface area contributed by atoms with Crippen LogP contribution in [-0.4, -0.2) is 46.1 Å². The summed E-state index contributed by atoms with van der Waals surface area (Å²) in [4.78, 5) is 7.06. The second-order valence-electron chi connectivity index (χ2n) is 7.69. The van der Waals surface area contributed by atoms with Crippen molar-refractivity contribution in [2.24, 2.45) is 5.92 Å². The number of hydrogen-bond donors (Lipinski definition) is 0. The summed E-state index contributed by atoms with van der Waals surface area (Å²) in [6, 6.07) is 8.12. The van der Waals surface area contributed by atoms with E-state index in [1.165, 1.54) is 0 Å². The molecule has 0 bridgehead atoms. The van der Waals surface area contributed by atoms with Gasteiger partial charge in [-0.05, 0) is 24.5 Å². The van der Waals surface area contributed by atoms with Gasteiger partial charge in [0.05, 0.1) is 29.4 Å². The van der Waals surface area contributed by atoms with Crippen LogP contribution >= 0.6 is 23.4 Å². The average molecular weight is 432 g/mol. The maximum absolute atomic E-state index is 6.65. The van der Waals surface area contributed by atoms with Crippen molar-refractivity contribution < 1.29 is 4.74 Å². The highest BCUT2D eigenvalue weighted by atomic mass is 35.5. The molecule has 1 aromatic carbocycles. The summed E-state index contributed by atoms with van der Waals surface area (Å²) >= 11 is 8.29. The first-order valence-corrected chi connectivity index (χ1v) is 11.3. The summed E-state index contributed by atoms with van der Waals surface area (Å²) in [5.74, 6) is 2.08. The Kier molecular flexibility index (Phi) is 6.27. The number of nitrogens with zero attached hydrogens (tertiary/aromatic N) is 5. The van der Waals surface area contributed by atoms with E-state index in [-0.39, 0.29) is 0 Å². The Bertz CT molecular complexity index is 1000. The van der Waals surface area contributed by atoms with Crippen molar-refractivity contribution in [3.8, 4) is 0 Å². The van der Waals surface area contributed by atoms with E-state index in [0.29, 0.717) is 11.7 Å². The van der Waals surface area contributed by atoms with Crippen LogP contribution in [0, 0.1) is 12.8 Å². The van der Waals surface area contributed by atoms with E-state index in [0.717, 1.165) is 71.1 Å². The molecule has 1 aliphatic heterocycles. The number of rotatable bonds is 6. The van der Waals surface area contributed by atoms with Gasteiger partial charge in [-0.3, -0.25) is 9.55 Å². The first-order chi connectivity index (χ1) is 14.0. The Balaban J connectivity index is 1.60. The minimum atomic E-state index is 0.495. The number of para-hydroxylation sites is 1. The molecule has 154 valence electrons. The molecular weight excluding hydrogens is 406 g/mol. The first kappa shape index (κ1) is 20.4. The van der Waals surface area contributed by atoms with Crippen LogP contribution in [-0.2, 0) is 17.0 Å². The van der Waals surface area contributed by atoms with E-state index in [1.54, 1.807) is 11.8 Å². The van der Waals surface area contributed by atoms with Crippen LogP contribution in [0.15, 0.2) is 29.4 Å². The van der Waals surface area contributed by atoms with E-state index in [9.17, 15) is 0 Å². The molecule has 0 amide bonds. The zero-order valence-electron chi connectivity index (χ0n) is 17.1. The van der Waals surface area contributed by atoms with Crippen molar-refractivity contribution in [1.29, 1.82) is 0 Å². The third kappa shape index (κ3) is 4.37. The van der Waals surface area contributed by atoms with Gasteiger partial charge in [-0.15, -0.1) is 10.2 Å². The molecule has 0 unspecified atom stereocenters. The third-order valence-corrected chi connectivity index (χ3v) is 6.50. The van der Waals surface area contributed by atoms with Crippen LogP contribution in [0.4, 0.5) is 5.95 Å². The van der Waals surface area contributed by atoms with Gasteiger partial charge in [-0.1, -0.05) is 55.4 Å². The van der Waals surface area contributed by atoms with Crippen LogP contribution in [0.25, 0.3) is 10.9 Å². The number of fused-ring (bicyclic) bond motifs is 1. The fourth-order valence-electron chi connectivity index (χ4n) is 3.56. The first-order valence-electron chi connectivity index (χ1n) is 9.97. The molecule has 0 atom stereocenters. The van der Waals surface area contributed by atoms with Crippen molar-refractivity contribution in [2.45, 2.75) is 38.2 Å². The highest BCUT2D eigenvalue weighted by molar-refractivity contribution is 7.98. The van der Waals surface area contributed by atoms with Gasteiger partial charge in [0.15, 0.2) is 5.16 Å². The average Bonchev–Trinajstić information content (AvgIpc) is 3.12. The third-order valence-electron chi connectivity index (χ3n) is 5.02. The second-order valence-corrected chi connectivity index (χ2v) is 9.01. The fraction of sp³-hybridized carbons (Fsp3) is 0.476. The van der Waals surface area contributed by atoms with Gasteiger partial charge in [-0.25, -0.2) is 0 Å². The van der Waals surface area contributed by atoms with Gasteiger partial charge < -0.3 is 9.64 Å². The molecule has 3 aromatic rings. The van der Waals surface area contributed by atoms with E-state index in [4.69, 9.17) is 21.3 Å². The molecule has 0 radical (unpaired) electrons. The molecule has 1 fully saturated rings. The summed E-state index contributed by atoms with van der Waals surface area (Å²) in [5, 5.41) is 11.7. The van der Waals surface area contributed by atoms with Crippen LogP contribution in [0.5, 0.6) is 0 Å². The number of anilines is 1. The van der Waals surface area contributed by atoms with E-state index in [2.05, 4.69) is 46.5 Å². The van der Waals surface area contributed by atoms with Crippen LogP contribution < -0.4 is 4.90 Å². The van der Waals surface area contributed by atoms with Crippen molar-refractivity contribution in [3.63, 3.8) is 0 Å². The number of halogens is 1. The van der Waals surface area contributed by atoms with E-state index < -0.39 is 0 Å². The van der Waals surface area contributed by atoms with E-state index in [1.807, 2.05) is 18.2 Å². The molecule has 0 saturated carbocycles. The lowest BCUT2D eigenvalue weighted by atomic mass is 10.1. The molecule has 8 heteroatoms. The Morgan fingerprint density at radius 1 is 1.17 bits per heavy atom. The molecule has 2 aromatic heterocycles. The zero-order valence-corrected chi connectivity index (χ0v) is 18.6. The molecule has 6 nitrogen and oxygen atoms in total. The maximum atomic E-state index is 6.65. The molecule has 3 heterocycles. The van der Waals surface area contributed by atoms with Gasteiger partial charge in [0, 0.05) is 30.8 Å². The lowest BCUT2D eigenvalue weighted by Gasteiger charge is -2.28. The van der Waals surface area contributed by atoms with Crippen molar-refractivity contribution >= 4 is 40.2 Å². The van der Waals surface area contributed by atoms with Crippen molar-refractivity contribution in [3.05, 3.63) is 40.5 Å². The van der Waals surface area contributed by atoms with Crippen LogP contribution in [0.1, 0.15) is 25.1 Å². The molecule has 1 aliphatic rings. The topological polar surface area (TPSA) is 56.1 Å². The minimum Gasteiger partial charge on any atom is -0.378 e. The van der Waals surface area contributed by atoms with Crippen LogP contribution in [0.3, 0.4) is 0 Å². The van der Waals surface area contributed by atoms with Crippen LogP contribution in [0.2, 0.25) is 5.02 Å². The normalized spacial score (nSPS) is 14.9. The zero-order chi connectivity index (χ0) is 20.4. The monoisotopic (exact) mass is 431 g/mol. The SMILES string of the molecule is Cc1c(Cl)c(CSc2nnc(N3CCOCC3)n2CC(C)C)nc2ccccc12. The molecule has 0 N–H and O–H groups in total. The molecule has 1 saturated heterocycles. The number of hydrogen-bond acceptors (Lipinski definition) is 6. The fourth-order valence-corrected chi connectivity index (χ4v) is 4.73. The molecule has 0 spiro atoms. The Morgan fingerprint density at radius 3 is 2.69 bits per heavy atom. The maximum Gasteiger partial charge on any atom is 0.228 e. The largest absolute Gasteiger partial charge is 0.378 e. The highest BCUT2D eigenvalue weighted by Crippen LogP contribution is 2.32. The Hall–Kier alpha value is -1.83. The smallest absolute Gasteiger partial charge is 0.228 e. The molecule has 0 aliphatic carbocycles. The second kappa shape index (κ2) is 8.90. The quantitative estimate of drug-likeness (QED) is 0.533. The lowest BCUT2D eigenvalue weighted by molar-refractivity contribution is 0.121. The summed E-state index contributed by atoms with van der Waals surface area (Å²) in [5.41, 5.74) is 2.94. The lowest BCUT2D eigenvalue weighted by Crippen LogP contribution is -2.38. The standard InChI is InChI=1S/C21H26ClN5OS/c1-14(2)12-27-20(26-8-10-28-11-9-26)24-25-21(27)29-13-18-19(22)15(3)16-6-4-5-7-17(16)23-18/h4-7,14H,8-13H2,1-3H3. The van der Waals surface area contributed by atoms with Gasteiger partial charge in [0.1, 0.15) is 0 Å². The number of aryl methyl sites for hydroxylation is 1. The van der Waals surface area contributed by atoms with E-state index >= 15 is 0 Å². The van der Waals surface area contributed by atoms with Gasteiger partial charge in [-0.2, -0.15) is 0 Å². The summed E-state index contributed by atoms with van der Waals surface area (Å²) in [6.07, 6.45) is 0. The van der Waals surface area contributed by atoms with Crippen molar-refractivity contribution in [1.82, 2.24) is 19.7 Å². The highest BCUT2D eigenvalue weighted by Gasteiger charge is 2.22. The molecule has 4 rings (SSSR count). The number of ether oxygens (including phenoxy) is 1. The number of morpholine rings is 1. The Labute approximate surface area is 180 Å². The minimum absolute atomic E-state index is 0.495. The van der Waals surface area contributed by atoms with Gasteiger partial charge >= 0.3 is 0 Å². The van der Waals surface area contributed by atoms with Crippen molar-refractivity contribution in [2.75, 3.05) is 31.2 Å². The predicted octanol–water partition coefficient (Wildman–Crippen LogP) is 4.57. The number of benzene rings is 1. The summed E-state index contributed by atoms with van der Waals surface area (Å²) in [6.45, 7) is 10.5. The molecular formula is C21H26ClN5OS. The predicted molar refractivity (Wildman–Crippen MR) is 119 cm³/mol. The van der Waals surface area contributed by atoms with Gasteiger partial charge in [0.2, 0.25) is 5.95 Å². The number of aromatic nitrogens is 4. The summed E-state index contributed by atoms with van der Waals surface area (Å²) < 4.78 is 7.71. The molecule has 29 heavy (non-hydrogen) atoms. The number of pyridine rings is 1. The summed E-state index contributed by atoms with van der Waals surface area (Å²) in [7, 11) is 0. The Morgan fingerprint density at radius 2 is 1.93 bits per heavy atom. The van der Waals surface area contributed by atoms with Gasteiger partial charge in [0.25, 0.3) is 0 Å². The number of thioether (sulfide) groups is 1.